The number of aryl methyl sites for hydroxylation is 1. The van der Waals surface area contributed by atoms with Crippen LogP contribution in [0.15, 0.2) is 48.5 Å². The van der Waals surface area contributed by atoms with Crippen LogP contribution in [0.2, 0.25) is 0 Å². The summed E-state index contributed by atoms with van der Waals surface area (Å²) in [5.74, 6) is 0.147. The van der Waals surface area contributed by atoms with Crippen LogP contribution in [-0.2, 0) is 11.3 Å². The van der Waals surface area contributed by atoms with Gasteiger partial charge in [0.05, 0.1) is 4.88 Å². The molecular weight excluding hydrogens is 344 g/mol. The number of nitrogens with zero attached hydrogens (tertiary/aromatic N) is 1. The molecule has 132 valence electrons. The van der Waals surface area contributed by atoms with Crippen molar-refractivity contribution in [3.8, 4) is 0 Å². The topological polar surface area (TPSA) is 49.4 Å². The summed E-state index contributed by atoms with van der Waals surface area (Å²) in [6.07, 6.45) is 1.55. The van der Waals surface area contributed by atoms with E-state index in [0.717, 1.165) is 44.7 Å². The van der Waals surface area contributed by atoms with Gasteiger partial charge in [0.1, 0.15) is 0 Å². The van der Waals surface area contributed by atoms with Crippen LogP contribution in [0.1, 0.15) is 33.6 Å². The SMILES string of the molecule is Cc1c(C(=O)NCc2ccc(N3CCCC3=O)cc2)sc2ccccc12. The number of hydrogen-bond donors (Lipinski definition) is 1. The van der Waals surface area contributed by atoms with E-state index >= 15 is 0 Å². The molecule has 1 aromatic heterocycles. The molecular formula is C21H20N2O2S. The van der Waals surface area contributed by atoms with Gasteiger partial charge in [-0.25, -0.2) is 0 Å². The molecule has 2 heterocycles. The van der Waals surface area contributed by atoms with Gasteiger partial charge in [-0.1, -0.05) is 30.3 Å². The van der Waals surface area contributed by atoms with Crippen LogP contribution in [-0.4, -0.2) is 18.4 Å². The van der Waals surface area contributed by atoms with Crippen molar-refractivity contribution >= 4 is 38.9 Å². The Morgan fingerprint density at radius 3 is 2.62 bits per heavy atom. The molecule has 0 aliphatic carbocycles. The van der Waals surface area contributed by atoms with Gasteiger partial charge in [0, 0.05) is 29.9 Å². The van der Waals surface area contributed by atoms with Crippen LogP contribution < -0.4 is 10.2 Å². The summed E-state index contributed by atoms with van der Waals surface area (Å²) in [5.41, 5.74) is 2.99. The Hall–Kier alpha value is -2.66. The van der Waals surface area contributed by atoms with Gasteiger partial charge in [0.25, 0.3) is 5.91 Å². The number of amides is 2. The lowest BCUT2D eigenvalue weighted by atomic mass is 10.1. The van der Waals surface area contributed by atoms with Gasteiger partial charge in [-0.15, -0.1) is 11.3 Å². The lowest BCUT2D eigenvalue weighted by Gasteiger charge is -2.16. The lowest BCUT2D eigenvalue weighted by Crippen LogP contribution is -2.24. The molecule has 1 aliphatic rings. The summed E-state index contributed by atoms with van der Waals surface area (Å²) in [6.45, 7) is 3.26. The highest BCUT2D eigenvalue weighted by atomic mass is 32.1. The number of nitrogens with one attached hydrogen (secondary N) is 1. The van der Waals surface area contributed by atoms with Crippen molar-refractivity contribution in [1.29, 1.82) is 0 Å². The summed E-state index contributed by atoms with van der Waals surface area (Å²) < 4.78 is 1.13. The standard InChI is InChI=1S/C21H20N2O2S/c1-14-17-5-2-3-6-18(17)26-20(14)21(25)22-13-15-8-10-16(11-9-15)23-12-4-7-19(23)24/h2-3,5-6,8-11H,4,7,12-13H2,1H3,(H,22,25). The Bertz CT molecular complexity index is 975. The minimum atomic E-state index is -0.0394. The molecule has 1 fully saturated rings. The largest absolute Gasteiger partial charge is 0.347 e. The molecule has 0 unspecified atom stereocenters. The van der Waals surface area contributed by atoms with E-state index in [9.17, 15) is 9.59 Å². The molecule has 5 heteroatoms. The highest BCUT2D eigenvalue weighted by molar-refractivity contribution is 7.21. The maximum atomic E-state index is 12.6. The number of thiophene rings is 1. The van der Waals surface area contributed by atoms with E-state index in [1.54, 1.807) is 0 Å². The van der Waals surface area contributed by atoms with Gasteiger partial charge >= 0.3 is 0 Å². The maximum Gasteiger partial charge on any atom is 0.261 e. The van der Waals surface area contributed by atoms with Crippen LogP contribution in [0.3, 0.4) is 0 Å². The second-order valence-corrected chi connectivity index (χ2v) is 7.60. The molecule has 4 nitrogen and oxygen atoms in total. The minimum Gasteiger partial charge on any atom is -0.347 e. The smallest absolute Gasteiger partial charge is 0.261 e. The molecule has 0 radical (unpaired) electrons. The summed E-state index contributed by atoms with van der Waals surface area (Å²) in [6, 6.07) is 15.9. The third-order valence-corrected chi connectivity index (χ3v) is 6.10. The zero-order chi connectivity index (χ0) is 18.1. The van der Waals surface area contributed by atoms with Gasteiger partial charge in [-0.2, -0.15) is 0 Å². The second-order valence-electron chi connectivity index (χ2n) is 6.55. The zero-order valence-electron chi connectivity index (χ0n) is 14.6. The lowest BCUT2D eigenvalue weighted by molar-refractivity contribution is -0.117. The number of rotatable bonds is 4. The van der Waals surface area contributed by atoms with E-state index in [2.05, 4.69) is 11.4 Å². The molecule has 2 aromatic carbocycles. The van der Waals surface area contributed by atoms with E-state index in [1.807, 2.05) is 54.3 Å². The van der Waals surface area contributed by atoms with Crippen LogP contribution in [0.5, 0.6) is 0 Å². The average Bonchev–Trinajstić information content (AvgIpc) is 3.24. The van der Waals surface area contributed by atoms with Crippen LogP contribution >= 0.6 is 11.3 Å². The molecule has 1 aliphatic heterocycles. The molecule has 2 amide bonds. The fraction of sp³-hybridized carbons (Fsp3) is 0.238. The first-order valence-corrected chi connectivity index (χ1v) is 9.61. The molecule has 1 N–H and O–H groups in total. The second kappa shape index (κ2) is 6.92. The molecule has 0 bridgehead atoms. The number of hydrogen-bond acceptors (Lipinski definition) is 3. The van der Waals surface area contributed by atoms with Gasteiger partial charge in [0.2, 0.25) is 5.91 Å². The van der Waals surface area contributed by atoms with Crippen molar-refractivity contribution in [1.82, 2.24) is 5.32 Å². The number of benzene rings is 2. The number of carbonyl (C=O) groups excluding carboxylic acids is 2. The fourth-order valence-electron chi connectivity index (χ4n) is 3.37. The fourth-order valence-corrected chi connectivity index (χ4v) is 4.49. The molecule has 3 aromatic rings. The van der Waals surface area contributed by atoms with Crippen molar-refractivity contribution < 1.29 is 9.59 Å². The summed E-state index contributed by atoms with van der Waals surface area (Å²) >= 11 is 1.53. The molecule has 26 heavy (non-hydrogen) atoms. The maximum absolute atomic E-state index is 12.6. The van der Waals surface area contributed by atoms with E-state index in [0.29, 0.717) is 13.0 Å². The molecule has 4 rings (SSSR count). The Morgan fingerprint density at radius 1 is 1.15 bits per heavy atom. The Kier molecular flexibility index (Phi) is 4.47. The molecule has 0 atom stereocenters. The summed E-state index contributed by atoms with van der Waals surface area (Å²) in [4.78, 5) is 27.0. The van der Waals surface area contributed by atoms with Gasteiger partial charge in [-0.05, 0) is 48.1 Å². The number of anilines is 1. The van der Waals surface area contributed by atoms with E-state index in [1.165, 1.54) is 11.3 Å². The Labute approximate surface area is 156 Å². The number of carbonyl (C=O) groups is 2. The Morgan fingerprint density at radius 2 is 1.92 bits per heavy atom. The third-order valence-electron chi connectivity index (χ3n) is 4.82. The van der Waals surface area contributed by atoms with Crippen molar-refractivity contribution in [3.63, 3.8) is 0 Å². The summed E-state index contributed by atoms with van der Waals surface area (Å²) in [5, 5.41) is 4.15. The first kappa shape index (κ1) is 16.8. The summed E-state index contributed by atoms with van der Waals surface area (Å²) in [7, 11) is 0. The zero-order valence-corrected chi connectivity index (χ0v) is 15.4. The highest BCUT2D eigenvalue weighted by Crippen LogP contribution is 2.30. The predicted molar refractivity (Wildman–Crippen MR) is 106 cm³/mol. The van der Waals surface area contributed by atoms with Gasteiger partial charge in [0.15, 0.2) is 0 Å². The van der Waals surface area contributed by atoms with Crippen LogP contribution in [0.4, 0.5) is 5.69 Å². The molecule has 0 saturated carbocycles. The van der Waals surface area contributed by atoms with Crippen molar-refractivity contribution in [2.45, 2.75) is 26.3 Å². The number of fused-ring (bicyclic) bond motifs is 1. The monoisotopic (exact) mass is 364 g/mol. The highest BCUT2D eigenvalue weighted by Gasteiger charge is 2.21. The van der Waals surface area contributed by atoms with Crippen LogP contribution in [0, 0.1) is 6.92 Å². The van der Waals surface area contributed by atoms with Crippen LogP contribution in [0.25, 0.3) is 10.1 Å². The first-order chi connectivity index (χ1) is 12.6. The van der Waals surface area contributed by atoms with Gasteiger partial charge < -0.3 is 10.2 Å². The van der Waals surface area contributed by atoms with Crippen molar-refractivity contribution in [2.75, 3.05) is 11.4 Å². The molecule has 1 saturated heterocycles. The molecule has 0 spiro atoms. The van der Waals surface area contributed by atoms with Crippen molar-refractivity contribution in [3.05, 3.63) is 64.5 Å². The minimum absolute atomic E-state index is 0.0394. The van der Waals surface area contributed by atoms with Gasteiger partial charge in [-0.3, -0.25) is 9.59 Å². The normalized spacial score (nSPS) is 14.2. The quantitative estimate of drug-likeness (QED) is 0.752. The van der Waals surface area contributed by atoms with E-state index in [4.69, 9.17) is 0 Å². The van der Waals surface area contributed by atoms with Crippen molar-refractivity contribution in [2.24, 2.45) is 0 Å². The first-order valence-electron chi connectivity index (χ1n) is 8.79. The Balaban J connectivity index is 1.44. The van der Waals surface area contributed by atoms with E-state index in [-0.39, 0.29) is 11.8 Å². The predicted octanol–water partition coefficient (Wildman–Crippen LogP) is 4.27. The average molecular weight is 364 g/mol. The third kappa shape index (κ3) is 3.10. The van der Waals surface area contributed by atoms with E-state index < -0.39 is 0 Å².